The maximum absolute atomic E-state index is 13.0. The summed E-state index contributed by atoms with van der Waals surface area (Å²) in [4.78, 5) is 29.1. The summed E-state index contributed by atoms with van der Waals surface area (Å²) in [6, 6.07) is 11.5. The Morgan fingerprint density at radius 2 is 1.89 bits per heavy atom. The standard InChI is InChI=1S/C20H20Cl2N2O3/c1-3-27-18-7-5-4-6-17(18)24-11-10-23(13(2)19(24)25)20(26)14-8-9-15(21)16(22)12-14/h4-9,12-13H,3,10-11H2,1-2H3. The fourth-order valence-electron chi connectivity index (χ4n) is 3.14. The summed E-state index contributed by atoms with van der Waals surface area (Å²) in [5.41, 5.74) is 1.13. The van der Waals surface area contributed by atoms with Gasteiger partial charge in [-0.3, -0.25) is 9.59 Å². The van der Waals surface area contributed by atoms with Crippen LogP contribution in [-0.4, -0.2) is 42.5 Å². The number of piperazine rings is 1. The fourth-order valence-corrected chi connectivity index (χ4v) is 3.44. The number of amides is 2. The molecular weight excluding hydrogens is 387 g/mol. The third kappa shape index (κ3) is 3.89. The second-order valence-electron chi connectivity index (χ2n) is 6.19. The van der Waals surface area contributed by atoms with Gasteiger partial charge >= 0.3 is 0 Å². The SMILES string of the molecule is CCOc1ccccc1N1CCN(C(=O)c2ccc(Cl)c(Cl)c2)C(C)C1=O. The lowest BCUT2D eigenvalue weighted by Crippen LogP contribution is -2.57. The highest BCUT2D eigenvalue weighted by Gasteiger charge is 2.36. The number of benzene rings is 2. The van der Waals surface area contributed by atoms with Crippen molar-refractivity contribution in [3.8, 4) is 5.75 Å². The van der Waals surface area contributed by atoms with Crippen molar-refractivity contribution in [3.63, 3.8) is 0 Å². The van der Waals surface area contributed by atoms with Crippen molar-refractivity contribution in [1.82, 2.24) is 4.90 Å². The van der Waals surface area contributed by atoms with Gasteiger partial charge in [0.15, 0.2) is 0 Å². The Morgan fingerprint density at radius 3 is 2.59 bits per heavy atom. The van der Waals surface area contributed by atoms with E-state index in [1.807, 2.05) is 31.2 Å². The minimum Gasteiger partial charge on any atom is -0.492 e. The third-order valence-electron chi connectivity index (χ3n) is 4.54. The van der Waals surface area contributed by atoms with E-state index in [-0.39, 0.29) is 11.8 Å². The van der Waals surface area contributed by atoms with Crippen molar-refractivity contribution in [3.05, 3.63) is 58.1 Å². The van der Waals surface area contributed by atoms with Crippen LogP contribution >= 0.6 is 23.2 Å². The van der Waals surface area contributed by atoms with E-state index in [0.29, 0.717) is 41.1 Å². The first-order chi connectivity index (χ1) is 12.9. The van der Waals surface area contributed by atoms with Crippen LogP contribution in [0.3, 0.4) is 0 Å². The lowest BCUT2D eigenvalue weighted by molar-refractivity contribution is -0.124. The second kappa shape index (κ2) is 8.19. The van der Waals surface area contributed by atoms with Gasteiger partial charge in [-0.1, -0.05) is 35.3 Å². The number of rotatable bonds is 4. The van der Waals surface area contributed by atoms with E-state index in [1.165, 1.54) is 6.07 Å². The molecule has 2 aromatic carbocycles. The summed E-state index contributed by atoms with van der Waals surface area (Å²) in [7, 11) is 0. The molecule has 1 aliphatic heterocycles. The third-order valence-corrected chi connectivity index (χ3v) is 5.28. The lowest BCUT2D eigenvalue weighted by Gasteiger charge is -2.39. The average Bonchev–Trinajstić information content (AvgIpc) is 2.66. The van der Waals surface area contributed by atoms with Gasteiger partial charge in [-0.15, -0.1) is 0 Å². The second-order valence-corrected chi connectivity index (χ2v) is 7.01. The molecule has 0 saturated carbocycles. The summed E-state index contributed by atoms with van der Waals surface area (Å²) in [5.74, 6) is 0.263. The van der Waals surface area contributed by atoms with Crippen LogP contribution in [-0.2, 0) is 4.79 Å². The summed E-state index contributed by atoms with van der Waals surface area (Å²) in [5, 5.41) is 0.695. The molecule has 2 amide bonds. The number of para-hydroxylation sites is 2. The predicted molar refractivity (Wildman–Crippen MR) is 107 cm³/mol. The smallest absolute Gasteiger partial charge is 0.254 e. The molecule has 0 bridgehead atoms. The van der Waals surface area contributed by atoms with Crippen molar-refractivity contribution in [2.75, 3.05) is 24.6 Å². The molecule has 0 aromatic heterocycles. The molecule has 1 heterocycles. The molecule has 1 unspecified atom stereocenters. The van der Waals surface area contributed by atoms with Gasteiger partial charge in [-0.25, -0.2) is 0 Å². The zero-order chi connectivity index (χ0) is 19.6. The Bertz CT molecular complexity index is 872. The molecule has 7 heteroatoms. The highest BCUT2D eigenvalue weighted by Crippen LogP contribution is 2.31. The van der Waals surface area contributed by atoms with Crippen LogP contribution in [0.2, 0.25) is 10.0 Å². The number of nitrogens with zero attached hydrogens (tertiary/aromatic N) is 2. The van der Waals surface area contributed by atoms with Gasteiger partial charge in [-0.05, 0) is 44.2 Å². The van der Waals surface area contributed by atoms with E-state index >= 15 is 0 Å². The quantitative estimate of drug-likeness (QED) is 0.761. The molecule has 1 atom stereocenters. The molecule has 0 N–H and O–H groups in total. The topological polar surface area (TPSA) is 49.9 Å². The molecular formula is C20H20Cl2N2O3. The molecule has 0 spiro atoms. The normalized spacial score (nSPS) is 17.2. The van der Waals surface area contributed by atoms with Gasteiger partial charge < -0.3 is 14.5 Å². The van der Waals surface area contributed by atoms with Crippen LogP contribution in [0, 0.1) is 0 Å². The summed E-state index contributed by atoms with van der Waals surface area (Å²) < 4.78 is 5.64. The molecule has 2 aromatic rings. The highest BCUT2D eigenvalue weighted by molar-refractivity contribution is 6.42. The van der Waals surface area contributed by atoms with Crippen molar-refractivity contribution >= 4 is 40.7 Å². The molecule has 5 nitrogen and oxygen atoms in total. The number of hydrogen-bond acceptors (Lipinski definition) is 3. The fraction of sp³-hybridized carbons (Fsp3) is 0.300. The molecule has 0 radical (unpaired) electrons. The van der Waals surface area contributed by atoms with Gasteiger partial charge in [0.1, 0.15) is 11.8 Å². The van der Waals surface area contributed by atoms with E-state index < -0.39 is 6.04 Å². The van der Waals surface area contributed by atoms with Gasteiger partial charge in [0.05, 0.1) is 22.3 Å². The minimum atomic E-state index is -0.601. The van der Waals surface area contributed by atoms with Crippen LogP contribution in [0.15, 0.2) is 42.5 Å². The minimum absolute atomic E-state index is 0.151. The first-order valence-electron chi connectivity index (χ1n) is 8.73. The summed E-state index contributed by atoms with van der Waals surface area (Å²) in [6.07, 6.45) is 0. The summed E-state index contributed by atoms with van der Waals surface area (Å²) >= 11 is 11.9. The Morgan fingerprint density at radius 1 is 1.15 bits per heavy atom. The van der Waals surface area contributed by atoms with Crippen LogP contribution in [0.25, 0.3) is 0 Å². The van der Waals surface area contributed by atoms with E-state index in [1.54, 1.807) is 28.9 Å². The lowest BCUT2D eigenvalue weighted by atomic mass is 10.1. The molecule has 1 aliphatic rings. The van der Waals surface area contributed by atoms with Gasteiger partial charge in [-0.2, -0.15) is 0 Å². The number of carbonyl (C=O) groups excluding carboxylic acids is 2. The van der Waals surface area contributed by atoms with E-state index in [2.05, 4.69) is 0 Å². The first-order valence-corrected chi connectivity index (χ1v) is 9.48. The van der Waals surface area contributed by atoms with Crippen LogP contribution in [0.5, 0.6) is 5.75 Å². The van der Waals surface area contributed by atoms with Gasteiger partial charge in [0.25, 0.3) is 5.91 Å². The number of halogens is 2. The van der Waals surface area contributed by atoms with Crippen molar-refractivity contribution in [2.24, 2.45) is 0 Å². The maximum Gasteiger partial charge on any atom is 0.254 e. The van der Waals surface area contributed by atoms with Crippen LogP contribution in [0.4, 0.5) is 5.69 Å². The maximum atomic E-state index is 13.0. The van der Waals surface area contributed by atoms with Gasteiger partial charge in [0.2, 0.25) is 5.91 Å². The number of ether oxygens (including phenoxy) is 1. The Balaban J connectivity index is 1.82. The molecule has 27 heavy (non-hydrogen) atoms. The van der Waals surface area contributed by atoms with E-state index in [4.69, 9.17) is 27.9 Å². The van der Waals surface area contributed by atoms with Crippen LogP contribution < -0.4 is 9.64 Å². The van der Waals surface area contributed by atoms with E-state index in [0.717, 1.165) is 5.69 Å². The Kier molecular flexibility index (Phi) is 5.92. The zero-order valence-corrected chi connectivity index (χ0v) is 16.6. The molecule has 1 saturated heterocycles. The predicted octanol–water partition coefficient (Wildman–Crippen LogP) is 4.27. The zero-order valence-electron chi connectivity index (χ0n) is 15.1. The number of carbonyl (C=O) groups is 2. The Hall–Kier alpha value is -2.24. The van der Waals surface area contributed by atoms with E-state index in [9.17, 15) is 9.59 Å². The largest absolute Gasteiger partial charge is 0.492 e. The van der Waals surface area contributed by atoms with Crippen LogP contribution in [0.1, 0.15) is 24.2 Å². The molecule has 3 rings (SSSR count). The monoisotopic (exact) mass is 406 g/mol. The average molecular weight is 407 g/mol. The molecule has 1 fully saturated rings. The Labute approximate surface area is 168 Å². The number of anilines is 1. The first kappa shape index (κ1) is 19.5. The van der Waals surface area contributed by atoms with Crippen molar-refractivity contribution in [1.29, 1.82) is 0 Å². The summed E-state index contributed by atoms with van der Waals surface area (Å²) in [6.45, 7) is 4.94. The number of hydrogen-bond donors (Lipinski definition) is 0. The van der Waals surface area contributed by atoms with Crippen molar-refractivity contribution in [2.45, 2.75) is 19.9 Å². The van der Waals surface area contributed by atoms with Crippen molar-refractivity contribution < 1.29 is 14.3 Å². The van der Waals surface area contributed by atoms with Gasteiger partial charge in [0, 0.05) is 18.7 Å². The molecule has 142 valence electrons. The molecule has 0 aliphatic carbocycles. The highest BCUT2D eigenvalue weighted by atomic mass is 35.5.